The third-order valence-corrected chi connectivity index (χ3v) is 5.78. The minimum atomic E-state index is -0.174. The van der Waals surface area contributed by atoms with Crippen LogP contribution >= 0.6 is 0 Å². The Hall–Kier alpha value is -4.26. The van der Waals surface area contributed by atoms with Gasteiger partial charge in [-0.2, -0.15) is 0 Å². The SMILES string of the molecule is Cc1nc2ccnc(Cc3cccc(C(=O)c4c[nH]c5ccccc45)c3)c2n1C(=O)N(C)C. The maximum Gasteiger partial charge on any atom is 0.329 e. The number of aromatic nitrogens is 4. The third kappa shape index (κ3) is 3.57. The van der Waals surface area contributed by atoms with E-state index in [2.05, 4.69) is 15.0 Å². The summed E-state index contributed by atoms with van der Waals surface area (Å²) < 4.78 is 1.60. The van der Waals surface area contributed by atoms with E-state index in [1.165, 1.54) is 4.90 Å². The highest BCUT2D eigenvalue weighted by Crippen LogP contribution is 2.24. The number of H-pyrrole nitrogens is 1. The standard InChI is InChI=1S/C26H23N5O2/c1-16-29-22-11-12-27-23(24(22)31(16)26(33)30(2)3)14-17-7-6-8-18(13-17)25(32)20-15-28-21-10-5-4-9-19(20)21/h4-13,15,28H,14H2,1-3H3. The molecule has 7 heteroatoms. The predicted octanol–water partition coefficient (Wildman–Crippen LogP) is 4.57. The second-order valence-electron chi connectivity index (χ2n) is 8.25. The van der Waals surface area contributed by atoms with Crippen LogP contribution < -0.4 is 0 Å². The van der Waals surface area contributed by atoms with Crippen LogP contribution in [0.1, 0.15) is 33.0 Å². The number of carbonyl (C=O) groups is 2. The van der Waals surface area contributed by atoms with Crippen molar-refractivity contribution in [1.29, 1.82) is 0 Å². The lowest BCUT2D eigenvalue weighted by Crippen LogP contribution is -2.28. The average molecular weight is 438 g/mol. The van der Waals surface area contributed by atoms with Crippen molar-refractivity contribution in [3.05, 3.63) is 95.2 Å². The van der Waals surface area contributed by atoms with Gasteiger partial charge < -0.3 is 9.88 Å². The number of pyridine rings is 1. The molecular weight excluding hydrogens is 414 g/mol. The van der Waals surface area contributed by atoms with Gasteiger partial charge in [-0.15, -0.1) is 0 Å². The van der Waals surface area contributed by atoms with Crippen LogP contribution in [0.3, 0.4) is 0 Å². The summed E-state index contributed by atoms with van der Waals surface area (Å²) in [6.07, 6.45) is 3.93. The smallest absolute Gasteiger partial charge is 0.329 e. The predicted molar refractivity (Wildman–Crippen MR) is 128 cm³/mol. The Labute approximate surface area is 190 Å². The first kappa shape index (κ1) is 20.6. The second kappa shape index (κ2) is 8.02. The molecule has 0 atom stereocenters. The summed E-state index contributed by atoms with van der Waals surface area (Å²) in [5, 5.41) is 0.904. The zero-order valence-electron chi connectivity index (χ0n) is 18.7. The normalized spacial score (nSPS) is 11.2. The van der Waals surface area contributed by atoms with E-state index in [4.69, 9.17) is 0 Å². The van der Waals surface area contributed by atoms with Crippen molar-refractivity contribution in [3.8, 4) is 0 Å². The highest BCUT2D eigenvalue weighted by Gasteiger charge is 2.20. The number of nitrogens with zero attached hydrogens (tertiary/aromatic N) is 4. The van der Waals surface area contributed by atoms with Crippen LogP contribution in [0.4, 0.5) is 4.79 Å². The summed E-state index contributed by atoms with van der Waals surface area (Å²) in [6, 6.07) is 17.0. The largest absolute Gasteiger partial charge is 0.360 e. The quantitative estimate of drug-likeness (QED) is 0.418. The molecule has 0 fully saturated rings. The highest BCUT2D eigenvalue weighted by atomic mass is 16.2. The molecule has 0 saturated heterocycles. The van der Waals surface area contributed by atoms with E-state index in [1.54, 1.807) is 31.1 Å². The van der Waals surface area contributed by atoms with Crippen molar-refractivity contribution in [2.75, 3.05) is 14.1 Å². The fraction of sp³-hybridized carbons (Fsp3) is 0.154. The maximum atomic E-state index is 13.3. The number of para-hydroxylation sites is 1. The maximum absolute atomic E-state index is 13.3. The minimum Gasteiger partial charge on any atom is -0.360 e. The van der Waals surface area contributed by atoms with Crippen LogP contribution in [0, 0.1) is 6.92 Å². The Morgan fingerprint density at radius 3 is 2.70 bits per heavy atom. The van der Waals surface area contributed by atoms with E-state index in [1.807, 2.05) is 61.5 Å². The number of rotatable bonds is 4. The molecule has 0 bridgehead atoms. The van der Waals surface area contributed by atoms with E-state index in [-0.39, 0.29) is 11.8 Å². The molecule has 5 rings (SSSR count). The molecule has 0 radical (unpaired) electrons. The average Bonchev–Trinajstić information content (AvgIpc) is 3.39. The fourth-order valence-electron chi connectivity index (χ4n) is 4.20. The number of benzene rings is 2. The first-order chi connectivity index (χ1) is 15.9. The number of hydrogen-bond donors (Lipinski definition) is 1. The number of fused-ring (bicyclic) bond motifs is 2. The topological polar surface area (TPSA) is 83.9 Å². The molecule has 0 aliphatic carbocycles. The molecule has 1 amide bonds. The lowest BCUT2D eigenvalue weighted by atomic mass is 9.99. The third-order valence-electron chi connectivity index (χ3n) is 5.78. The van der Waals surface area contributed by atoms with Crippen molar-refractivity contribution < 1.29 is 9.59 Å². The van der Waals surface area contributed by atoms with E-state index in [0.29, 0.717) is 28.9 Å². The number of amides is 1. The molecule has 0 spiro atoms. The van der Waals surface area contributed by atoms with Crippen molar-refractivity contribution >= 4 is 33.8 Å². The minimum absolute atomic E-state index is 0.0378. The molecule has 7 nitrogen and oxygen atoms in total. The fourth-order valence-corrected chi connectivity index (χ4v) is 4.20. The van der Waals surface area contributed by atoms with Gasteiger partial charge in [0.1, 0.15) is 5.82 Å². The zero-order chi connectivity index (χ0) is 23.1. The summed E-state index contributed by atoms with van der Waals surface area (Å²) in [6.45, 7) is 1.81. The Bertz CT molecular complexity index is 1530. The van der Waals surface area contributed by atoms with Gasteiger partial charge >= 0.3 is 6.03 Å². The van der Waals surface area contributed by atoms with Gasteiger partial charge in [0.05, 0.1) is 16.7 Å². The zero-order valence-corrected chi connectivity index (χ0v) is 18.7. The van der Waals surface area contributed by atoms with Gasteiger partial charge in [-0.05, 0) is 30.7 Å². The van der Waals surface area contributed by atoms with Crippen molar-refractivity contribution in [2.24, 2.45) is 0 Å². The number of nitrogens with one attached hydrogen (secondary N) is 1. The van der Waals surface area contributed by atoms with Crippen LogP contribution in [0.15, 0.2) is 67.0 Å². The van der Waals surface area contributed by atoms with Crippen LogP contribution in [-0.2, 0) is 6.42 Å². The molecule has 2 aromatic carbocycles. The number of carbonyl (C=O) groups excluding carboxylic acids is 2. The van der Waals surface area contributed by atoms with Crippen molar-refractivity contribution in [3.63, 3.8) is 0 Å². The van der Waals surface area contributed by atoms with E-state index < -0.39 is 0 Å². The van der Waals surface area contributed by atoms with Gasteiger partial charge in [0, 0.05) is 54.9 Å². The van der Waals surface area contributed by atoms with Crippen molar-refractivity contribution in [2.45, 2.75) is 13.3 Å². The monoisotopic (exact) mass is 437 g/mol. The number of imidazole rings is 1. The van der Waals surface area contributed by atoms with Crippen LogP contribution in [-0.4, -0.2) is 50.3 Å². The van der Waals surface area contributed by atoms with Gasteiger partial charge in [0.25, 0.3) is 0 Å². The van der Waals surface area contributed by atoms with Gasteiger partial charge in [-0.3, -0.25) is 9.78 Å². The molecule has 1 N–H and O–H groups in total. The lowest BCUT2D eigenvalue weighted by molar-refractivity contribution is 0.104. The lowest BCUT2D eigenvalue weighted by Gasteiger charge is -2.14. The summed E-state index contributed by atoms with van der Waals surface area (Å²) in [5.74, 6) is 0.574. The van der Waals surface area contributed by atoms with Crippen LogP contribution in [0.5, 0.6) is 0 Å². The van der Waals surface area contributed by atoms with E-state index in [0.717, 1.165) is 27.7 Å². The summed E-state index contributed by atoms with van der Waals surface area (Å²) in [7, 11) is 3.42. The van der Waals surface area contributed by atoms with Crippen LogP contribution in [0.25, 0.3) is 21.9 Å². The van der Waals surface area contributed by atoms with Crippen molar-refractivity contribution in [1.82, 2.24) is 24.4 Å². The Balaban J connectivity index is 1.53. The van der Waals surface area contributed by atoms with E-state index >= 15 is 0 Å². The number of hydrogen-bond acceptors (Lipinski definition) is 4. The first-order valence-corrected chi connectivity index (χ1v) is 10.7. The van der Waals surface area contributed by atoms with E-state index in [9.17, 15) is 9.59 Å². The van der Waals surface area contributed by atoms with Gasteiger partial charge in [0.15, 0.2) is 5.78 Å². The van der Waals surface area contributed by atoms with Crippen LogP contribution in [0.2, 0.25) is 0 Å². The highest BCUT2D eigenvalue weighted by molar-refractivity contribution is 6.16. The second-order valence-corrected chi connectivity index (χ2v) is 8.25. The Morgan fingerprint density at radius 2 is 1.88 bits per heavy atom. The number of aromatic amines is 1. The Morgan fingerprint density at radius 1 is 1.06 bits per heavy atom. The molecular formula is C26H23N5O2. The number of ketones is 1. The molecule has 164 valence electrons. The van der Waals surface area contributed by atoms with Gasteiger partial charge in [-0.1, -0.05) is 36.4 Å². The molecule has 0 aliphatic rings. The molecule has 3 heterocycles. The molecule has 0 unspecified atom stereocenters. The first-order valence-electron chi connectivity index (χ1n) is 10.7. The Kier molecular flexibility index (Phi) is 5.01. The molecule has 0 saturated carbocycles. The van der Waals surface area contributed by atoms with Gasteiger partial charge in [0.2, 0.25) is 0 Å². The summed E-state index contributed by atoms with van der Waals surface area (Å²) >= 11 is 0. The molecule has 33 heavy (non-hydrogen) atoms. The molecule has 0 aliphatic heterocycles. The molecule has 3 aromatic heterocycles. The molecule has 5 aromatic rings. The van der Waals surface area contributed by atoms with Gasteiger partial charge in [-0.25, -0.2) is 14.3 Å². The summed E-state index contributed by atoms with van der Waals surface area (Å²) in [4.78, 5) is 39.9. The number of aryl methyl sites for hydroxylation is 1. The summed E-state index contributed by atoms with van der Waals surface area (Å²) in [5.41, 5.74) is 5.28.